The smallest absolute Gasteiger partial charge is 0.370 e. The van der Waals surface area contributed by atoms with E-state index in [1.54, 1.807) is 18.3 Å². The Morgan fingerprint density at radius 1 is 1.44 bits per heavy atom. The molecule has 1 N–H and O–H groups in total. The largest absolute Gasteiger partial charge is 0.414 e. The highest BCUT2D eigenvalue weighted by Gasteiger charge is 2.36. The Morgan fingerprint density at radius 2 is 2.17 bits per heavy atom. The lowest BCUT2D eigenvalue weighted by Crippen LogP contribution is -2.28. The average molecular weight is 262 g/mol. The second-order valence-corrected chi connectivity index (χ2v) is 3.93. The van der Waals surface area contributed by atoms with Crippen LogP contribution >= 0.6 is 0 Å². The minimum atomic E-state index is -4.33. The second kappa shape index (κ2) is 6.58. The Hall–Kier alpha value is -1.30. The molecule has 102 valence electrons. The predicted octanol–water partition coefficient (Wildman–Crippen LogP) is 3.37. The van der Waals surface area contributed by atoms with Gasteiger partial charge in [0.05, 0.1) is 6.61 Å². The first-order valence-corrected chi connectivity index (χ1v) is 5.81. The second-order valence-electron chi connectivity index (χ2n) is 3.93. The zero-order chi connectivity index (χ0) is 13.6. The number of pyridine rings is 1. The first-order chi connectivity index (χ1) is 8.45. The van der Waals surface area contributed by atoms with Gasteiger partial charge >= 0.3 is 6.18 Å². The van der Waals surface area contributed by atoms with Gasteiger partial charge in [-0.1, -0.05) is 13.0 Å². The molecule has 0 saturated heterocycles. The number of hydrogen-bond donors (Lipinski definition) is 1. The number of ether oxygens (including phenoxy) is 1. The Kier molecular flexibility index (Phi) is 5.40. The molecule has 18 heavy (non-hydrogen) atoms. The molecule has 0 saturated carbocycles. The van der Waals surface area contributed by atoms with Crippen molar-refractivity contribution >= 4 is 5.82 Å². The summed E-state index contributed by atoms with van der Waals surface area (Å²) in [5.74, 6) is 0.578. The van der Waals surface area contributed by atoms with Crippen molar-refractivity contribution in [1.29, 1.82) is 0 Å². The Balaban J connectivity index is 2.61. The maximum Gasteiger partial charge on any atom is 0.414 e. The van der Waals surface area contributed by atoms with Crippen molar-refractivity contribution in [1.82, 2.24) is 4.98 Å². The van der Waals surface area contributed by atoms with Gasteiger partial charge in [-0.2, -0.15) is 13.2 Å². The van der Waals surface area contributed by atoms with Gasteiger partial charge in [0.2, 0.25) is 0 Å². The van der Waals surface area contributed by atoms with Gasteiger partial charge in [0.1, 0.15) is 5.82 Å². The van der Waals surface area contributed by atoms with E-state index in [-0.39, 0.29) is 6.61 Å². The zero-order valence-corrected chi connectivity index (χ0v) is 10.4. The third kappa shape index (κ3) is 4.52. The molecule has 0 aliphatic rings. The van der Waals surface area contributed by atoms with Crippen LogP contribution in [0.1, 0.15) is 25.8 Å². The number of hydrogen-bond acceptors (Lipinski definition) is 3. The number of nitrogens with zero attached hydrogens (tertiary/aromatic N) is 1. The van der Waals surface area contributed by atoms with Crippen molar-refractivity contribution in [3.05, 3.63) is 23.9 Å². The van der Waals surface area contributed by atoms with E-state index in [2.05, 4.69) is 10.3 Å². The van der Waals surface area contributed by atoms with Crippen LogP contribution in [0.5, 0.6) is 0 Å². The molecule has 0 bridgehead atoms. The van der Waals surface area contributed by atoms with Crippen LogP contribution in [0.4, 0.5) is 19.0 Å². The lowest BCUT2D eigenvalue weighted by molar-refractivity contribution is -0.217. The molecule has 0 amide bonds. The molecule has 0 radical (unpaired) electrons. The molecule has 3 nitrogen and oxygen atoms in total. The van der Waals surface area contributed by atoms with E-state index in [4.69, 9.17) is 4.74 Å². The Bertz CT molecular complexity index is 369. The number of aromatic nitrogens is 1. The van der Waals surface area contributed by atoms with E-state index in [1.165, 1.54) is 0 Å². The highest BCUT2D eigenvalue weighted by Crippen LogP contribution is 2.24. The topological polar surface area (TPSA) is 34.2 Å². The van der Waals surface area contributed by atoms with Gasteiger partial charge in [-0.25, -0.2) is 4.98 Å². The van der Waals surface area contributed by atoms with Crippen molar-refractivity contribution in [3.8, 4) is 0 Å². The molecule has 0 aliphatic carbocycles. The van der Waals surface area contributed by atoms with Gasteiger partial charge in [0, 0.05) is 18.3 Å². The van der Waals surface area contributed by atoms with Crippen LogP contribution in [0.3, 0.4) is 0 Å². The Labute approximate surface area is 104 Å². The molecule has 1 heterocycles. The first-order valence-electron chi connectivity index (χ1n) is 5.81. The molecule has 0 aromatic carbocycles. The molecule has 1 aromatic rings. The lowest BCUT2D eigenvalue weighted by atomic mass is 10.2. The van der Waals surface area contributed by atoms with E-state index >= 15 is 0 Å². The number of alkyl halides is 3. The van der Waals surface area contributed by atoms with Crippen LogP contribution < -0.4 is 5.32 Å². The third-order valence-electron chi connectivity index (χ3n) is 2.38. The summed E-state index contributed by atoms with van der Waals surface area (Å²) in [4.78, 5) is 4.08. The molecule has 6 heteroatoms. The van der Waals surface area contributed by atoms with Gasteiger partial charge < -0.3 is 10.1 Å². The minimum absolute atomic E-state index is 0.111. The summed E-state index contributed by atoms with van der Waals surface area (Å²) in [6, 6.07) is 3.38. The maximum atomic E-state index is 12.3. The maximum absolute atomic E-state index is 12.3. The van der Waals surface area contributed by atoms with Crippen molar-refractivity contribution in [2.45, 2.75) is 39.2 Å². The number of nitrogens with one attached hydrogen (secondary N) is 1. The van der Waals surface area contributed by atoms with Crippen molar-refractivity contribution in [2.75, 3.05) is 11.9 Å². The molecule has 0 aliphatic heterocycles. The fourth-order valence-corrected chi connectivity index (χ4v) is 1.27. The number of anilines is 1. The van der Waals surface area contributed by atoms with Crippen LogP contribution in [0, 0.1) is 0 Å². The van der Waals surface area contributed by atoms with Crippen LogP contribution in [-0.2, 0) is 11.3 Å². The monoisotopic (exact) mass is 262 g/mol. The van der Waals surface area contributed by atoms with Crippen molar-refractivity contribution in [3.63, 3.8) is 0 Å². The van der Waals surface area contributed by atoms with Gasteiger partial charge in [-0.05, 0) is 19.4 Å². The summed E-state index contributed by atoms with van der Waals surface area (Å²) in [5.41, 5.74) is 0.627. The molecular formula is C12H17F3N2O. The van der Waals surface area contributed by atoms with Crippen LogP contribution in [0.15, 0.2) is 18.3 Å². The Morgan fingerprint density at radius 3 is 2.78 bits per heavy atom. The summed E-state index contributed by atoms with van der Waals surface area (Å²) in [5, 5.41) is 3.05. The summed E-state index contributed by atoms with van der Waals surface area (Å²) < 4.78 is 41.7. The third-order valence-corrected chi connectivity index (χ3v) is 2.38. The van der Waals surface area contributed by atoms with Crippen molar-refractivity contribution < 1.29 is 17.9 Å². The predicted molar refractivity (Wildman–Crippen MR) is 63.3 cm³/mol. The SMILES string of the molecule is CCCNc1ncccc1COC(C)C(F)(F)F. The number of halogens is 3. The van der Waals surface area contributed by atoms with E-state index < -0.39 is 12.3 Å². The molecule has 1 unspecified atom stereocenters. The van der Waals surface area contributed by atoms with E-state index in [9.17, 15) is 13.2 Å². The fourth-order valence-electron chi connectivity index (χ4n) is 1.27. The fraction of sp³-hybridized carbons (Fsp3) is 0.583. The highest BCUT2D eigenvalue weighted by atomic mass is 19.4. The van der Waals surface area contributed by atoms with Crippen LogP contribution in [0.2, 0.25) is 0 Å². The van der Waals surface area contributed by atoms with Gasteiger partial charge in [-0.15, -0.1) is 0 Å². The first kappa shape index (κ1) is 14.8. The van der Waals surface area contributed by atoms with Crippen LogP contribution in [0.25, 0.3) is 0 Å². The summed E-state index contributed by atoms with van der Waals surface area (Å²) in [7, 11) is 0. The molecular weight excluding hydrogens is 245 g/mol. The molecule has 1 atom stereocenters. The highest BCUT2D eigenvalue weighted by molar-refractivity contribution is 5.43. The van der Waals surface area contributed by atoms with Gasteiger partial charge in [0.15, 0.2) is 6.10 Å². The van der Waals surface area contributed by atoms with E-state index in [0.29, 0.717) is 11.4 Å². The molecule has 1 aromatic heterocycles. The molecule has 0 fully saturated rings. The van der Waals surface area contributed by atoms with E-state index in [0.717, 1.165) is 19.9 Å². The zero-order valence-electron chi connectivity index (χ0n) is 10.4. The minimum Gasteiger partial charge on any atom is -0.370 e. The molecule has 1 rings (SSSR count). The van der Waals surface area contributed by atoms with E-state index in [1.807, 2.05) is 6.92 Å². The summed E-state index contributed by atoms with van der Waals surface area (Å²) >= 11 is 0. The molecule has 0 spiro atoms. The lowest BCUT2D eigenvalue weighted by Gasteiger charge is -2.17. The normalized spacial score (nSPS) is 13.4. The average Bonchev–Trinajstić information content (AvgIpc) is 2.33. The summed E-state index contributed by atoms with van der Waals surface area (Å²) in [6.07, 6.45) is -3.61. The van der Waals surface area contributed by atoms with Crippen LogP contribution in [-0.4, -0.2) is 23.8 Å². The quantitative estimate of drug-likeness (QED) is 0.853. The summed E-state index contributed by atoms with van der Waals surface area (Å²) in [6.45, 7) is 3.60. The van der Waals surface area contributed by atoms with Crippen molar-refractivity contribution in [2.24, 2.45) is 0 Å². The van der Waals surface area contributed by atoms with Gasteiger partial charge in [-0.3, -0.25) is 0 Å². The van der Waals surface area contributed by atoms with Gasteiger partial charge in [0.25, 0.3) is 0 Å². The standard InChI is InChI=1S/C12H17F3N2O/c1-3-6-16-11-10(5-4-7-17-11)8-18-9(2)12(13,14)15/h4-5,7,9H,3,6,8H2,1-2H3,(H,16,17). The number of rotatable bonds is 6.